The predicted octanol–water partition coefficient (Wildman–Crippen LogP) is 4.89. The summed E-state index contributed by atoms with van der Waals surface area (Å²) in [6.45, 7) is 2.81. The number of aromatic nitrogens is 1. The van der Waals surface area contributed by atoms with Gasteiger partial charge in [0.05, 0.1) is 6.04 Å². The summed E-state index contributed by atoms with van der Waals surface area (Å²) in [5.41, 5.74) is 3.08. The minimum Gasteiger partial charge on any atom is -0.451 e. The first kappa shape index (κ1) is 15.9. The van der Waals surface area contributed by atoms with Gasteiger partial charge < -0.3 is 9.32 Å². The van der Waals surface area contributed by atoms with Gasteiger partial charge in [0, 0.05) is 24.3 Å². The third-order valence-corrected chi connectivity index (χ3v) is 4.99. The van der Waals surface area contributed by atoms with E-state index in [0.717, 1.165) is 54.3 Å². The van der Waals surface area contributed by atoms with Crippen LogP contribution in [0.15, 0.2) is 53.2 Å². The van der Waals surface area contributed by atoms with Gasteiger partial charge in [0.15, 0.2) is 5.76 Å². The van der Waals surface area contributed by atoms with E-state index in [2.05, 4.69) is 11.1 Å². The van der Waals surface area contributed by atoms with Crippen LogP contribution in [-0.2, 0) is 0 Å². The first-order chi connectivity index (χ1) is 12.2. The van der Waals surface area contributed by atoms with Gasteiger partial charge in [-0.15, -0.1) is 0 Å². The second kappa shape index (κ2) is 6.71. The number of fused-ring (bicyclic) bond motifs is 1. The number of rotatable bonds is 2. The minimum absolute atomic E-state index is 0.0161. The van der Waals surface area contributed by atoms with E-state index < -0.39 is 0 Å². The number of benzene rings is 1. The van der Waals surface area contributed by atoms with Crippen LogP contribution in [0, 0.1) is 6.92 Å². The van der Waals surface area contributed by atoms with Crippen LogP contribution in [0.5, 0.6) is 0 Å². The van der Waals surface area contributed by atoms with E-state index in [1.807, 2.05) is 42.2 Å². The monoisotopic (exact) mass is 334 g/mol. The number of likely N-dealkylation sites (tertiary alicyclic amines) is 1. The van der Waals surface area contributed by atoms with Gasteiger partial charge >= 0.3 is 0 Å². The molecule has 0 aliphatic carbocycles. The van der Waals surface area contributed by atoms with Crippen LogP contribution in [0.4, 0.5) is 0 Å². The molecule has 0 unspecified atom stereocenters. The molecule has 25 heavy (non-hydrogen) atoms. The molecule has 1 aromatic carbocycles. The lowest BCUT2D eigenvalue weighted by Gasteiger charge is -2.29. The Morgan fingerprint density at radius 3 is 2.80 bits per heavy atom. The SMILES string of the molecule is Cc1ccc2oc(C(=O)N3CCCCC[C@@H]3c3ccncc3)cc2c1. The molecule has 128 valence electrons. The average molecular weight is 334 g/mol. The van der Waals surface area contributed by atoms with Crippen LogP contribution in [0.1, 0.15) is 53.4 Å². The molecule has 1 aliphatic rings. The zero-order valence-corrected chi connectivity index (χ0v) is 14.4. The molecule has 0 radical (unpaired) electrons. The molecule has 2 aromatic heterocycles. The van der Waals surface area contributed by atoms with E-state index in [4.69, 9.17) is 4.42 Å². The average Bonchev–Trinajstić information content (AvgIpc) is 2.90. The van der Waals surface area contributed by atoms with Crippen molar-refractivity contribution >= 4 is 16.9 Å². The molecule has 4 heteroatoms. The Morgan fingerprint density at radius 2 is 1.96 bits per heavy atom. The summed E-state index contributed by atoms with van der Waals surface area (Å²) < 4.78 is 5.86. The summed E-state index contributed by atoms with van der Waals surface area (Å²) in [5, 5.41) is 0.985. The summed E-state index contributed by atoms with van der Waals surface area (Å²) in [4.78, 5) is 19.3. The molecule has 1 saturated heterocycles. The summed E-state index contributed by atoms with van der Waals surface area (Å²) in [6, 6.07) is 12.0. The van der Waals surface area contributed by atoms with E-state index in [1.165, 1.54) is 0 Å². The molecule has 0 saturated carbocycles. The van der Waals surface area contributed by atoms with E-state index in [1.54, 1.807) is 12.4 Å². The molecule has 0 spiro atoms. The molecule has 1 amide bonds. The number of hydrogen-bond donors (Lipinski definition) is 0. The highest BCUT2D eigenvalue weighted by Crippen LogP contribution is 2.32. The Kier molecular flexibility index (Phi) is 4.26. The van der Waals surface area contributed by atoms with E-state index in [-0.39, 0.29) is 11.9 Å². The van der Waals surface area contributed by atoms with Crippen LogP contribution in [0.2, 0.25) is 0 Å². The van der Waals surface area contributed by atoms with Crippen molar-refractivity contribution in [2.24, 2.45) is 0 Å². The van der Waals surface area contributed by atoms with Crippen molar-refractivity contribution in [3.8, 4) is 0 Å². The third kappa shape index (κ3) is 3.16. The quantitative estimate of drug-likeness (QED) is 0.670. The Bertz CT molecular complexity index is 885. The third-order valence-electron chi connectivity index (χ3n) is 4.99. The Morgan fingerprint density at radius 1 is 1.12 bits per heavy atom. The van der Waals surface area contributed by atoms with Gasteiger partial charge in [-0.25, -0.2) is 0 Å². The number of hydrogen-bond acceptors (Lipinski definition) is 3. The summed E-state index contributed by atoms with van der Waals surface area (Å²) in [5.74, 6) is 0.416. The number of pyridine rings is 1. The van der Waals surface area contributed by atoms with Crippen molar-refractivity contribution in [2.45, 2.75) is 38.6 Å². The number of aryl methyl sites for hydroxylation is 1. The van der Waals surface area contributed by atoms with Crippen LogP contribution in [0.3, 0.4) is 0 Å². The molecule has 1 aliphatic heterocycles. The van der Waals surface area contributed by atoms with Gasteiger partial charge in [-0.05, 0) is 55.7 Å². The smallest absolute Gasteiger partial charge is 0.290 e. The van der Waals surface area contributed by atoms with Crippen LogP contribution >= 0.6 is 0 Å². The summed E-state index contributed by atoms with van der Waals surface area (Å²) in [7, 11) is 0. The molecule has 3 heterocycles. The normalized spacial score (nSPS) is 18.3. The molecular formula is C21H22N2O2. The number of nitrogens with zero attached hydrogens (tertiary/aromatic N) is 2. The fraction of sp³-hybridized carbons (Fsp3) is 0.333. The standard InChI is InChI=1S/C21H22N2O2/c1-15-6-7-19-17(13-15)14-20(25-19)21(24)23-12-4-2-3-5-18(23)16-8-10-22-11-9-16/h6-11,13-14,18H,2-5,12H2,1H3/t18-/m1/s1. The Balaban J connectivity index is 1.69. The fourth-order valence-corrected chi connectivity index (χ4v) is 3.69. The van der Waals surface area contributed by atoms with Crippen molar-refractivity contribution in [1.82, 2.24) is 9.88 Å². The highest BCUT2D eigenvalue weighted by molar-refractivity contribution is 5.96. The zero-order valence-electron chi connectivity index (χ0n) is 14.4. The van der Waals surface area contributed by atoms with Gasteiger partial charge in [-0.1, -0.05) is 24.5 Å². The lowest BCUT2D eigenvalue weighted by molar-refractivity contribution is 0.0650. The highest BCUT2D eigenvalue weighted by Gasteiger charge is 2.29. The maximum atomic E-state index is 13.2. The molecular weight excluding hydrogens is 312 g/mol. The minimum atomic E-state index is -0.0161. The van der Waals surface area contributed by atoms with E-state index in [0.29, 0.717) is 5.76 Å². The maximum Gasteiger partial charge on any atom is 0.290 e. The molecule has 4 nitrogen and oxygen atoms in total. The Hall–Kier alpha value is -2.62. The number of carbonyl (C=O) groups is 1. The van der Waals surface area contributed by atoms with E-state index >= 15 is 0 Å². The topological polar surface area (TPSA) is 46.3 Å². The van der Waals surface area contributed by atoms with Crippen molar-refractivity contribution in [1.29, 1.82) is 0 Å². The molecule has 3 aromatic rings. The number of carbonyl (C=O) groups excluding carboxylic acids is 1. The van der Waals surface area contributed by atoms with Gasteiger partial charge in [0.2, 0.25) is 0 Å². The van der Waals surface area contributed by atoms with Gasteiger partial charge in [0.25, 0.3) is 5.91 Å². The first-order valence-corrected chi connectivity index (χ1v) is 8.93. The lowest BCUT2D eigenvalue weighted by atomic mass is 10.0. The lowest BCUT2D eigenvalue weighted by Crippen LogP contribution is -2.34. The zero-order chi connectivity index (χ0) is 17.2. The highest BCUT2D eigenvalue weighted by atomic mass is 16.3. The van der Waals surface area contributed by atoms with Crippen molar-refractivity contribution in [2.75, 3.05) is 6.54 Å². The second-order valence-electron chi connectivity index (χ2n) is 6.80. The molecule has 1 atom stereocenters. The van der Waals surface area contributed by atoms with Gasteiger partial charge in [-0.2, -0.15) is 0 Å². The summed E-state index contributed by atoms with van der Waals surface area (Å²) in [6.07, 6.45) is 7.90. The van der Waals surface area contributed by atoms with E-state index in [9.17, 15) is 4.79 Å². The predicted molar refractivity (Wildman–Crippen MR) is 97.4 cm³/mol. The first-order valence-electron chi connectivity index (χ1n) is 8.93. The summed E-state index contributed by atoms with van der Waals surface area (Å²) >= 11 is 0. The molecule has 0 bridgehead atoms. The van der Waals surface area contributed by atoms with Crippen LogP contribution in [0.25, 0.3) is 11.0 Å². The maximum absolute atomic E-state index is 13.2. The van der Waals surface area contributed by atoms with Crippen LogP contribution in [-0.4, -0.2) is 22.3 Å². The van der Waals surface area contributed by atoms with Gasteiger partial charge in [-0.3, -0.25) is 9.78 Å². The van der Waals surface area contributed by atoms with Crippen molar-refractivity contribution < 1.29 is 9.21 Å². The Labute approximate surface area is 147 Å². The van der Waals surface area contributed by atoms with Crippen molar-refractivity contribution in [3.63, 3.8) is 0 Å². The number of amides is 1. The molecule has 1 fully saturated rings. The molecule has 0 N–H and O–H groups in total. The van der Waals surface area contributed by atoms with Crippen molar-refractivity contribution in [3.05, 3.63) is 65.7 Å². The second-order valence-corrected chi connectivity index (χ2v) is 6.80. The van der Waals surface area contributed by atoms with Gasteiger partial charge in [0.1, 0.15) is 5.58 Å². The fourth-order valence-electron chi connectivity index (χ4n) is 3.69. The largest absolute Gasteiger partial charge is 0.451 e. The van der Waals surface area contributed by atoms with Crippen LogP contribution < -0.4 is 0 Å². The number of furan rings is 1. The molecule has 4 rings (SSSR count).